The molecule has 1 saturated heterocycles. The molecule has 2 rings (SSSR count). The number of benzene rings is 1. The SMILES string of the molecule is CN(C)c1ccc(CNC[C@]2(O)CCOC(C)(C)C2)cc1. The summed E-state index contributed by atoms with van der Waals surface area (Å²) in [6.07, 6.45) is 1.37. The molecule has 118 valence electrons. The lowest BCUT2D eigenvalue weighted by atomic mass is 9.84. The molecule has 4 heteroatoms. The van der Waals surface area contributed by atoms with Gasteiger partial charge in [0.05, 0.1) is 17.8 Å². The summed E-state index contributed by atoms with van der Waals surface area (Å²) in [6, 6.07) is 8.48. The van der Waals surface area contributed by atoms with Gasteiger partial charge in [-0.1, -0.05) is 12.1 Å². The molecular formula is C17H28N2O2. The Morgan fingerprint density at radius 2 is 1.90 bits per heavy atom. The van der Waals surface area contributed by atoms with Gasteiger partial charge < -0.3 is 20.1 Å². The lowest BCUT2D eigenvalue weighted by molar-refractivity contribution is -0.142. The van der Waals surface area contributed by atoms with Gasteiger partial charge in [0.2, 0.25) is 0 Å². The number of ether oxygens (including phenoxy) is 1. The number of nitrogens with one attached hydrogen (secondary N) is 1. The van der Waals surface area contributed by atoms with E-state index in [9.17, 15) is 5.11 Å². The van der Waals surface area contributed by atoms with Crippen LogP contribution in [0.1, 0.15) is 32.3 Å². The highest BCUT2D eigenvalue weighted by molar-refractivity contribution is 5.45. The summed E-state index contributed by atoms with van der Waals surface area (Å²) in [7, 11) is 4.07. The lowest BCUT2D eigenvalue weighted by Crippen LogP contribution is -2.51. The lowest BCUT2D eigenvalue weighted by Gasteiger charge is -2.41. The molecule has 0 unspecified atom stereocenters. The van der Waals surface area contributed by atoms with Crippen molar-refractivity contribution in [3.63, 3.8) is 0 Å². The van der Waals surface area contributed by atoms with E-state index in [-0.39, 0.29) is 5.60 Å². The first-order valence-corrected chi connectivity index (χ1v) is 7.63. The van der Waals surface area contributed by atoms with Crippen molar-refractivity contribution in [1.82, 2.24) is 5.32 Å². The fourth-order valence-corrected chi connectivity index (χ4v) is 2.95. The van der Waals surface area contributed by atoms with Crippen molar-refractivity contribution < 1.29 is 9.84 Å². The second-order valence-corrected chi connectivity index (χ2v) is 6.92. The number of hydrogen-bond donors (Lipinski definition) is 2. The molecule has 2 N–H and O–H groups in total. The van der Waals surface area contributed by atoms with Crippen LogP contribution in [0.5, 0.6) is 0 Å². The first kappa shape index (κ1) is 16.3. The van der Waals surface area contributed by atoms with Crippen LogP contribution in [0.25, 0.3) is 0 Å². The number of nitrogens with zero attached hydrogens (tertiary/aromatic N) is 1. The van der Waals surface area contributed by atoms with E-state index < -0.39 is 5.60 Å². The minimum Gasteiger partial charge on any atom is -0.388 e. The maximum Gasteiger partial charge on any atom is 0.0820 e. The average molecular weight is 292 g/mol. The van der Waals surface area contributed by atoms with Gasteiger partial charge in [-0.25, -0.2) is 0 Å². The molecule has 4 nitrogen and oxygen atoms in total. The van der Waals surface area contributed by atoms with Crippen LogP contribution in [-0.4, -0.2) is 43.6 Å². The zero-order chi connectivity index (χ0) is 15.5. The summed E-state index contributed by atoms with van der Waals surface area (Å²) < 4.78 is 5.67. The molecule has 1 fully saturated rings. The van der Waals surface area contributed by atoms with Crippen molar-refractivity contribution in [3.05, 3.63) is 29.8 Å². The Morgan fingerprint density at radius 1 is 1.24 bits per heavy atom. The van der Waals surface area contributed by atoms with Crippen LogP contribution >= 0.6 is 0 Å². The van der Waals surface area contributed by atoms with E-state index in [0.29, 0.717) is 26.0 Å². The Kier molecular flexibility index (Phi) is 4.91. The van der Waals surface area contributed by atoms with Crippen molar-refractivity contribution >= 4 is 5.69 Å². The summed E-state index contributed by atoms with van der Waals surface area (Å²) >= 11 is 0. The number of rotatable bonds is 5. The van der Waals surface area contributed by atoms with Crippen molar-refractivity contribution in [2.24, 2.45) is 0 Å². The molecule has 0 saturated carbocycles. The van der Waals surface area contributed by atoms with Gasteiger partial charge >= 0.3 is 0 Å². The van der Waals surface area contributed by atoms with Crippen LogP contribution in [0.2, 0.25) is 0 Å². The Labute approximate surface area is 128 Å². The number of anilines is 1. The van der Waals surface area contributed by atoms with Crippen molar-refractivity contribution in [3.8, 4) is 0 Å². The van der Waals surface area contributed by atoms with E-state index in [1.54, 1.807) is 0 Å². The molecule has 1 heterocycles. The van der Waals surface area contributed by atoms with Crippen LogP contribution in [-0.2, 0) is 11.3 Å². The molecule has 0 spiro atoms. The van der Waals surface area contributed by atoms with Crippen LogP contribution in [0.15, 0.2) is 24.3 Å². The van der Waals surface area contributed by atoms with Crippen LogP contribution < -0.4 is 10.2 Å². The Hall–Kier alpha value is -1.10. The average Bonchev–Trinajstić information content (AvgIpc) is 2.37. The largest absolute Gasteiger partial charge is 0.388 e. The molecule has 1 aromatic carbocycles. The highest BCUT2D eigenvalue weighted by atomic mass is 16.5. The maximum absolute atomic E-state index is 10.7. The van der Waals surface area contributed by atoms with E-state index in [1.807, 2.05) is 27.9 Å². The number of hydrogen-bond acceptors (Lipinski definition) is 4. The topological polar surface area (TPSA) is 44.7 Å². The normalized spacial score (nSPS) is 24.8. The Balaban J connectivity index is 1.83. The monoisotopic (exact) mass is 292 g/mol. The second kappa shape index (κ2) is 6.34. The van der Waals surface area contributed by atoms with Gasteiger partial charge in [-0.05, 0) is 31.5 Å². The quantitative estimate of drug-likeness (QED) is 0.873. The van der Waals surface area contributed by atoms with Crippen molar-refractivity contribution in [2.45, 2.75) is 44.4 Å². The minimum atomic E-state index is -0.661. The summed E-state index contributed by atoms with van der Waals surface area (Å²) in [4.78, 5) is 2.09. The predicted octanol–water partition coefficient (Wildman–Crippen LogP) is 2.16. The highest BCUT2D eigenvalue weighted by Gasteiger charge is 2.38. The standard InChI is InChI=1S/C17H28N2O2/c1-16(2)12-17(20,9-10-21-16)13-18-11-14-5-7-15(8-6-14)19(3)4/h5-8,18,20H,9-13H2,1-4H3/t17-/m0/s1. The molecule has 0 bridgehead atoms. The smallest absolute Gasteiger partial charge is 0.0820 e. The van der Waals surface area contributed by atoms with Gasteiger partial charge in [-0.2, -0.15) is 0 Å². The molecule has 0 amide bonds. The molecule has 1 aliphatic rings. The van der Waals surface area contributed by atoms with E-state index in [4.69, 9.17) is 4.74 Å². The van der Waals surface area contributed by atoms with Crippen molar-refractivity contribution in [1.29, 1.82) is 0 Å². The first-order valence-electron chi connectivity index (χ1n) is 7.63. The Morgan fingerprint density at radius 3 is 2.48 bits per heavy atom. The predicted molar refractivity (Wildman–Crippen MR) is 86.7 cm³/mol. The molecule has 1 aliphatic heterocycles. The highest BCUT2D eigenvalue weighted by Crippen LogP contribution is 2.31. The van der Waals surface area contributed by atoms with Gasteiger partial charge in [-0.3, -0.25) is 0 Å². The molecule has 1 aromatic rings. The first-order chi connectivity index (χ1) is 9.80. The fourth-order valence-electron chi connectivity index (χ4n) is 2.95. The molecule has 0 radical (unpaired) electrons. The summed E-state index contributed by atoms with van der Waals surface area (Å²) in [6.45, 7) is 6.09. The third-order valence-corrected chi connectivity index (χ3v) is 4.05. The molecule has 0 aromatic heterocycles. The summed E-state index contributed by atoms with van der Waals surface area (Å²) in [5.41, 5.74) is 1.53. The Bertz CT molecular complexity index is 456. The van der Waals surface area contributed by atoms with Crippen LogP contribution in [0.4, 0.5) is 5.69 Å². The molecule has 1 atom stereocenters. The summed E-state index contributed by atoms with van der Waals surface area (Å²) in [5.74, 6) is 0. The van der Waals surface area contributed by atoms with E-state index >= 15 is 0 Å². The van der Waals surface area contributed by atoms with Gasteiger partial charge in [-0.15, -0.1) is 0 Å². The third kappa shape index (κ3) is 4.70. The van der Waals surface area contributed by atoms with Crippen LogP contribution in [0.3, 0.4) is 0 Å². The van der Waals surface area contributed by atoms with Gasteiger partial charge in [0.25, 0.3) is 0 Å². The van der Waals surface area contributed by atoms with Gasteiger partial charge in [0, 0.05) is 45.7 Å². The zero-order valence-corrected chi connectivity index (χ0v) is 13.6. The van der Waals surface area contributed by atoms with E-state index in [1.165, 1.54) is 11.3 Å². The number of aliphatic hydroxyl groups is 1. The van der Waals surface area contributed by atoms with Gasteiger partial charge in [0.1, 0.15) is 0 Å². The van der Waals surface area contributed by atoms with Gasteiger partial charge in [0.15, 0.2) is 0 Å². The fraction of sp³-hybridized carbons (Fsp3) is 0.647. The van der Waals surface area contributed by atoms with Crippen LogP contribution in [0, 0.1) is 0 Å². The minimum absolute atomic E-state index is 0.234. The molecule has 0 aliphatic carbocycles. The maximum atomic E-state index is 10.7. The van der Waals surface area contributed by atoms with E-state index in [0.717, 1.165) is 6.54 Å². The molecule has 21 heavy (non-hydrogen) atoms. The third-order valence-electron chi connectivity index (χ3n) is 4.05. The zero-order valence-electron chi connectivity index (χ0n) is 13.6. The summed E-state index contributed by atoms with van der Waals surface area (Å²) in [5, 5.41) is 14.0. The van der Waals surface area contributed by atoms with E-state index in [2.05, 4.69) is 34.5 Å². The second-order valence-electron chi connectivity index (χ2n) is 6.92. The van der Waals surface area contributed by atoms with Crippen molar-refractivity contribution in [2.75, 3.05) is 32.1 Å². The molecular weight excluding hydrogens is 264 g/mol.